The van der Waals surface area contributed by atoms with Gasteiger partial charge in [0.15, 0.2) is 0 Å². The first-order valence-electron chi connectivity index (χ1n) is 9.40. The molecule has 1 atom stereocenters. The van der Waals surface area contributed by atoms with E-state index in [1.165, 1.54) is 12.1 Å². The van der Waals surface area contributed by atoms with Crippen molar-refractivity contribution < 1.29 is 45.8 Å². The number of phenolic OH excluding ortho intramolecular Hbond substituents is 1. The van der Waals surface area contributed by atoms with Gasteiger partial charge in [0, 0.05) is 19.4 Å². The van der Waals surface area contributed by atoms with E-state index in [2.05, 4.69) is 19.5 Å². The molecule has 180 valence electrons. The minimum Gasteiger partial charge on any atom is -0.508 e. The molecule has 2 aromatic rings. The molecule has 0 fully saturated rings. The topological polar surface area (TPSA) is 131 Å². The molecular weight excluding hydrogens is 469 g/mol. The standard InChI is InChI=1S/C20H21F3N2O7S/c1-31-19(28)17(12-13-2-4-14(26)5-3-13)25-18(27)10-11-24-33(29,30)16-8-6-15(7-9-16)32-20(21,22)23/h2-9,17,24,26H,10-12H2,1H3,(H,25,27)/t17-/m1/s1. The lowest BCUT2D eigenvalue weighted by molar-refractivity contribution is -0.274. The van der Waals surface area contributed by atoms with Crippen LogP contribution in [0, 0.1) is 0 Å². The molecule has 0 aliphatic heterocycles. The van der Waals surface area contributed by atoms with Gasteiger partial charge in [0.1, 0.15) is 17.5 Å². The SMILES string of the molecule is COC(=O)[C@@H](Cc1ccc(O)cc1)NC(=O)CCNS(=O)(=O)c1ccc(OC(F)(F)F)cc1. The van der Waals surface area contributed by atoms with Gasteiger partial charge in [0.2, 0.25) is 15.9 Å². The molecule has 0 aliphatic rings. The smallest absolute Gasteiger partial charge is 0.508 e. The van der Waals surface area contributed by atoms with E-state index in [0.717, 1.165) is 31.4 Å². The minimum atomic E-state index is -4.91. The fraction of sp³-hybridized carbons (Fsp3) is 0.300. The summed E-state index contributed by atoms with van der Waals surface area (Å²) >= 11 is 0. The molecule has 1 amide bonds. The van der Waals surface area contributed by atoms with Crippen LogP contribution in [0.1, 0.15) is 12.0 Å². The second kappa shape index (κ2) is 11.0. The van der Waals surface area contributed by atoms with Crippen LogP contribution in [-0.4, -0.2) is 51.5 Å². The summed E-state index contributed by atoms with van der Waals surface area (Å²) in [5, 5.41) is 11.8. The molecule has 0 bridgehead atoms. The van der Waals surface area contributed by atoms with Gasteiger partial charge < -0.3 is 19.9 Å². The van der Waals surface area contributed by atoms with Crippen molar-refractivity contribution in [2.45, 2.75) is 30.1 Å². The van der Waals surface area contributed by atoms with Crippen LogP contribution >= 0.6 is 0 Å². The number of carbonyl (C=O) groups excluding carboxylic acids is 2. The lowest BCUT2D eigenvalue weighted by Crippen LogP contribution is -2.44. The van der Waals surface area contributed by atoms with E-state index in [1.54, 1.807) is 12.1 Å². The van der Waals surface area contributed by atoms with Crippen molar-refractivity contribution in [3.05, 3.63) is 54.1 Å². The van der Waals surface area contributed by atoms with Crippen molar-refractivity contribution in [1.29, 1.82) is 0 Å². The number of alkyl halides is 3. The third-order valence-electron chi connectivity index (χ3n) is 4.21. The predicted octanol–water partition coefficient (Wildman–Crippen LogP) is 1.86. The predicted molar refractivity (Wildman–Crippen MR) is 109 cm³/mol. The van der Waals surface area contributed by atoms with Crippen LogP contribution in [-0.2, 0) is 30.8 Å². The summed E-state index contributed by atoms with van der Waals surface area (Å²) in [4.78, 5) is 23.9. The van der Waals surface area contributed by atoms with E-state index in [1.807, 2.05) is 0 Å². The maximum atomic E-state index is 12.3. The number of carbonyl (C=O) groups is 2. The number of nitrogens with one attached hydrogen (secondary N) is 2. The summed E-state index contributed by atoms with van der Waals surface area (Å²) in [7, 11) is -2.95. The molecule has 0 heterocycles. The Hall–Kier alpha value is -3.32. The van der Waals surface area contributed by atoms with Crippen molar-refractivity contribution in [3.63, 3.8) is 0 Å². The van der Waals surface area contributed by atoms with Crippen molar-refractivity contribution in [2.24, 2.45) is 0 Å². The summed E-state index contributed by atoms with van der Waals surface area (Å²) in [6.45, 7) is -0.331. The molecule has 2 aromatic carbocycles. The normalized spacial score (nSPS) is 12.6. The lowest BCUT2D eigenvalue weighted by Gasteiger charge is -2.17. The lowest BCUT2D eigenvalue weighted by atomic mass is 10.1. The average molecular weight is 490 g/mol. The highest BCUT2D eigenvalue weighted by molar-refractivity contribution is 7.89. The Labute approximate surface area is 187 Å². The number of rotatable bonds is 10. The summed E-state index contributed by atoms with van der Waals surface area (Å²) in [6, 6.07) is 8.47. The number of hydrogen-bond acceptors (Lipinski definition) is 7. The number of amides is 1. The van der Waals surface area contributed by atoms with Gasteiger partial charge in [-0.15, -0.1) is 13.2 Å². The van der Waals surface area contributed by atoms with E-state index < -0.39 is 40.1 Å². The van der Waals surface area contributed by atoms with Gasteiger partial charge in [-0.25, -0.2) is 17.9 Å². The molecule has 0 saturated carbocycles. The van der Waals surface area contributed by atoms with Crippen LogP contribution in [0.5, 0.6) is 11.5 Å². The summed E-state index contributed by atoms with van der Waals surface area (Å²) in [5.41, 5.74) is 0.641. The average Bonchev–Trinajstić information content (AvgIpc) is 2.73. The first-order chi connectivity index (χ1) is 15.4. The third kappa shape index (κ3) is 8.61. The molecule has 33 heavy (non-hydrogen) atoms. The number of sulfonamides is 1. The molecule has 0 spiro atoms. The summed E-state index contributed by atoms with van der Waals surface area (Å²) in [5.74, 6) is -1.89. The van der Waals surface area contributed by atoms with Gasteiger partial charge in [0.05, 0.1) is 12.0 Å². The number of phenols is 1. The summed E-state index contributed by atoms with van der Waals surface area (Å²) in [6.07, 6.45) is -5.15. The van der Waals surface area contributed by atoms with Crippen LogP contribution in [0.25, 0.3) is 0 Å². The first kappa shape index (κ1) is 25.9. The fourth-order valence-electron chi connectivity index (χ4n) is 2.67. The van der Waals surface area contributed by atoms with Crippen LogP contribution in [0.3, 0.4) is 0 Å². The van der Waals surface area contributed by atoms with Crippen LogP contribution in [0.4, 0.5) is 13.2 Å². The Morgan fingerprint density at radius 3 is 2.21 bits per heavy atom. The number of halogens is 3. The number of aromatic hydroxyl groups is 1. The number of esters is 1. The second-order valence-corrected chi connectivity index (χ2v) is 8.45. The Morgan fingerprint density at radius 1 is 1.06 bits per heavy atom. The summed E-state index contributed by atoms with van der Waals surface area (Å²) < 4.78 is 71.6. The molecule has 2 rings (SSSR count). The Bertz CT molecular complexity index is 1060. The molecule has 0 saturated heterocycles. The third-order valence-corrected chi connectivity index (χ3v) is 5.69. The molecule has 0 unspecified atom stereocenters. The largest absolute Gasteiger partial charge is 0.573 e. The zero-order valence-corrected chi connectivity index (χ0v) is 18.1. The quantitative estimate of drug-likeness (QED) is 0.433. The Kier molecular flexibility index (Phi) is 8.65. The molecular formula is C20H21F3N2O7S. The van der Waals surface area contributed by atoms with E-state index >= 15 is 0 Å². The van der Waals surface area contributed by atoms with Crippen molar-refractivity contribution in [1.82, 2.24) is 10.0 Å². The van der Waals surface area contributed by atoms with Gasteiger partial charge in [-0.3, -0.25) is 4.79 Å². The maximum Gasteiger partial charge on any atom is 0.573 e. The van der Waals surface area contributed by atoms with Crippen LogP contribution in [0.2, 0.25) is 0 Å². The highest BCUT2D eigenvalue weighted by atomic mass is 32.2. The number of methoxy groups -OCH3 is 1. The van der Waals surface area contributed by atoms with Crippen molar-refractivity contribution >= 4 is 21.9 Å². The van der Waals surface area contributed by atoms with E-state index in [0.29, 0.717) is 5.56 Å². The highest BCUT2D eigenvalue weighted by Crippen LogP contribution is 2.23. The highest BCUT2D eigenvalue weighted by Gasteiger charge is 2.31. The molecule has 9 nitrogen and oxygen atoms in total. The number of benzene rings is 2. The second-order valence-electron chi connectivity index (χ2n) is 6.68. The first-order valence-corrected chi connectivity index (χ1v) is 10.9. The monoisotopic (exact) mass is 490 g/mol. The minimum absolute atomic E-state index is 0.0344. The van der Waals surface area contributed by atoms with Crippen LogP contribution in [0.15, 0.2) is 53.4 Å². The molecule has 0 radical (unpaired) electrons. The zero-order chi connectivity index (χ0) is 24.6. The van der Waals surface area contributed by atoms with E-state index in [4.69, 9.17) is 0 Å². The van der Waals surface area contributed by atoms with Crippen molar-refractivity contribution in [2.75, 3.05) is 13.7 Å². The van der Waals surface area contributed by atoms with Gasteiger partial charge in [0.25, 0.3) is 0 Å². The van der Waals surface area contributed by atoms with Gasteiger partial charge >= 0.3 is 12.3 Å². The molecule has 0 aromatic heterocycles. The Morgan fingerprint density at radius 2 is 1.67 bits per heavy atom. The fourth-order valence-corrected chi connectivity index (χ4v) is 3.70. The number of hydrogen-bond donors (Lipinski definition) is 3. The molecule has 13 heteroatoms. The van der Waals surface area contributed by atoms with Gasteiger partial charge in [-0.1, -0.05) is 12.1 Å². The maximum absolute atomic E-state index is 12.3. The zero-order valence-electron chi connectivity index (χ0n) is 17.3. The van der Waals surface area contributed by atoms with Gasteiger partial charge in [-0.2, -0.15) is 0 Å². The molecule has 3 N–H and O–H groups in total. The van der Waals surface area contributed by atoms with E-state index in [9.17, 15) is 36.3 Å². The number of ether oxygens (including phenoxy) is 2. The van der Waals surface area contributed by atoms with Gasteiger partial charge in [-0.05, 0) is 42.0 Å². The van der Waals surface area contributed by atoms with Crippen LogP contribution < -0.4 is 14.8 Å². The Balaban J connectivity index is 1.91. The molecule has 0 aliphatic carbocycles. The van der Waals surface area contributed by atoms with Crippen molar-refractivity contribution in [3.8, 4) is 11.5 Å². The van der Waals surface area contributed by atoms with E-state index in [-0.39, 0.29) is 30.0 Å².